The molecule has 0 aliphatic carbocycles. The molecule has 4 N–H and O–H groups in total. The minimum absolute atomic E-state index is 0.000864. The SMILES string of the molecule is NS(=O)(=O)c1ccc(NC(=O)Cc2ccn[nH]2)cc1. The van der Waals surface area contributed by atoms with Crippen molar-refractivity contribution < 1.29 is 13.2 Å². The first-order valence-corrected chi connectivity index (χ1v) is 6.91. The molecule has 0 unspecified atom stereocenters. The molecule has 7 nitrogen and oxygen atoms in total. The van der Waals surface area contributed by atoms with E-state index < -0.39 is 10.0 Å². The van der Waals surface area contributed by atoms with Crippen LogP contribution in [-0.4, -0.2) is 24.5 Å². The number of aromatic amines is 1. The number of primary sulfonamides is 1. The number of aromatic nitrogens is 2. The van der Waals surface area contributed by atoms with E-state index in [-0.39, 0.29) is 17.2 Å². The highest BCUT2D eigenvalue weighted by atomic mass is 32.2. The van der Waals surface area contributed by atoms with E-state index in [2.05, 4.69) is 15.5 Å². The number of H-pyrrole nitrogens is 1. The molecule has 1 aromatic carbocycles. The highest BCUT2D eigenvalue weighted by Crippen LogP contribution is 2.12. The van der Waals surface area contributed by atoms with Crippen molar-refractivity contribution >= 4 is 21.6 Å². The zero-order chi connectivity index (χ0) is 13.9. The van der Waals surface area contributed by atoms with Crippen LogP contribution in [0.4, 0.5) is 5.69 Å². The fourth-order valence-corrected chi connectivity index (χ4v) is 2.00. The topological polar surface area (TPSA) is 118 Å². The maximum Gasteiger partial charge on any atom is 0.238 e. The van der Waals surface area contributed by atoms with Gasteiger partial charge < -0.3 is 5.32 Å². The van der Waals surface area contributed by atoms with Gasteiger partial charge in [-0.2, -0.15) is 5.10 Å². The van der Waals surface area contributed by atoms with E-state index in [1.807, 2.05) is 0 Å². The third-order valence-electron chi connectivity index (χ3n) is 2.38. The van der Waals surface area contributed by atoms with Gasteiger partial charge in [-0.25, -0.2) is 13.6 Å². The van der Waals surface area contributed by atoms with E-state index >= 15 is 0 Å². The van der Waals surface area contributed by atoms with Crippen LogP contribution in [0, 0.1) is 0 Å². The van der Waals surface area contributed by atoms with E-state index in [0.717, 1.165) is 0 Å². The quantitative estimate of drug-likeness (QED) is 0.743. The summed E-state index contributed by atoms with van der Waals surface area (Å²) in [6, 6.07) is 7.32. The van der Waals surface area contributed by atoms with Crippen LogP contribution in [0.1, 0.15) is 5.69 Å². The maximum absolute atomic E-state index is 11.7. The minimum Gasteiger partial charge on any atom is -0.326 e. The van der Waals surface area contributed by atoms with Crippen molar-refractivity contribution in [2.45, 2.75) is 11.3 Å². The molecule has 8 heteroatoms. The molecule has 0 aliphatic heterocycles. The molecule has 0 atom stereocenters. The Labute approximate surface area is 109 Å². The Balaban J connectivity index is 2.02. The van der Waals surface area contributed by atoms with Crippen LogP contribution in [0.5, 0.6) is 0 Å². The molecule has 0 spiro atoms. The first kappa shape index (κ1) is 13.2. The van der Waals surface area contributed by atoms with Gasteiger partial charge >= 0.3 is 0 Å². The molecule has 0 aliphatic rings. The average molecular weight is 280 g/mol. The van der Waals surface area contributed by atoms with Crippen LogP contribution < -0.4 is 10.5 Å². The lowest BCUT2D eigenvalue weighted by Gasteiger charge is -2.05. The fraction of sp³-hybridized carbons (Fsp3) is 0.0909. The van der Waals surface area contributed by atoms with Crippen molar-refractivity contribution in [2.75, 3.05) is 5.32 Å². The molecule has 0 fully saturated rings. The zero-order valence-corrected chi connectivity index (χ0v) is 10.6. The number of anilines is 1. The monoisotopic (exact) mass is 280 g/mol. The molecule has 1 heterocycles. The first-order valence-electron chi connectivity index (χ1n) is 5.36. The molecule has 0 saturated heterocycles. The van der Waals surface area contributed by atoms with Crippen LogP contribution >= 0.6 is 0 Å². The smallest absolute Gasteiger partial charge is 0.238 e. The molecule has 0 radical (unpaired) electrons. The molecule has 0 bridgehead atoms. The van der Waals surface area contributed by atoms with Gasteiger partial charge in [-0.05, 0) is 30.3 Å². The maximum atomic E-state index is 11.7. The summed E-state index contributed by atoms with van der Waals surface area (Å²) in [6.45, 7) is 0. The molecule has 0 saturated carbocycles. The Hall–Kier alpha value is -2.19. The van der Waals surface area contributed by atoms with E-state index in [1.165, 1.54) is 24.3 Å². The van der Waals surface area contributed by atoms with Crippen molar-refractivity contribution in [3.63, 3.8) is 0 Å². The van der Waals surface area contributed by atoms with E-state index in [0.29, 0.717) is 11.4 Å². The summed E-state index contributed by atoms with van der Waals surface area (Å²) in [4.78, 5) is 11.7. The molecule has 2 aromatic rings. The lowest BCUT2D eigenvalue weighted by atomic mass is 10.2. The van der Waals surface area contributed by atoms with Crippen LogP contribution in [0.3, 0.4) is 0 Å². The van der Waals surface area contributed by atoms with Crippen molar-refractivity contribution in [3.05, 3.63) is 42.2 Å². The summed E-state index contributed by atoms with van der Waals surface area (Å²) in [6.07, 6.45) is 1.72. The number of carbonyl (C=O) groups is 1. The summed E-state index contributed by atoms with van der Waals surface area (Å²) < 4.78 is 22.1. The second kappa shape index (κ2) is 5.21. The lowest BCUT2D eigenvalue weighted by Crippen LogP contribution is -2.15. The molecule has 100 valence electrons. The Morgan fingerprint density at radius 2 is 1.95 bits per heavy atom. The zero-order valence-electron chi connectivity index (χ0n) is 9.83. The van der Waals surface area contributed by atoms with Gasteiger partial charge in [-0.15, -0.1) is 0 Å². The summed E-state index contributed by atoms with van der Waals surface area (Å²) in [5, 5.41) is 14.0. The number of amides is 1. The predicted octanol–water partition coefficient (Wildman–Crippen LogP) is 0.238. The molecule has 1 amide bonds. The predicted molar refractivity (Wildman–Crippen MR) is 68.7 cm³/mol. The Morgan fingerprint density at radius 3 is 2.47 bits per heavy atom. The van der Waals surface area contributed by atoms with E-state index in [9.17, 15) is 13.2 Å². The Kier molecular flexibility index (Phi) is 3.63. The van der Waals surface area contributed by atoms with E-state index in [1.54, 1.807) is 12.3 Å². The fourth-order valence-electron chi connectivity index (χ4n) is 1.49. The molecule has 2 rings (SSSR count). The van der Waals surface area contributed by atoms with Crippen molar-refractivity contribution in [3.8, 4) is 0 Å². The van der Waals surface area contributed by atoms with Crippen molar-refractivity contribution in [1.29, 1.82) is 0 Å². The molecule has 19 heavy (non-hydrogen) atoms. The minimum atomic E-state index is -3.72. The van der Waals surface area contributed by atoms with Gasteiger partial charge in [0.1, 0.15) is 0 Å². The second-order valence-electron chi connectivity index (χ2n) is 3.88. The summed E-state index contributed by atoms with van der Waals surface area (Å²) >= 11 is 0. The van der Waals surface area contributed by atoms with Gasteiger partial charge in [-0.1, -0.05) is 0 Å². The standard InChI is InChI=1S/C11H12N4O3S/c12-19(17,18)10-3-1-8(2-4-10)14-11(16)7-9-5-6-13-15-9/h1-6H,7H2,(H,13,15)(H,14,16)(H2,12,17,18). The summed E-state index contributed by atoms with van der Waals surface area (Å²) in [5.41, 5.74) is 1.19. The number of rotatable bonds is 4. The van der Waals surface area contributed by atoms with Gasteiger partial charge in [0.2, 0.25) is 15.9 Å². The normalized spacial score (nSPS) is 11.2. The molecule has 1 aromatic heterocycles. The summed E-state index contributed by atoms with van der Waals surface area (Å²) in [5.74, 6) is -0.229. The Bertz CT molecular complexity index is 662. The largest absolute Gasteiger partial charge is 0.326 e. The van der Waals surface area contributed by atoms with Crippen LogP contribution in [-0.2, 0) is 21.2 Å². The lowest BCUT2D eigenvalue weighted by molar-refractivity contribution is -0.115. The third-order valence-corrected chi connectivity index (χ3v) is 3.31. The number of carbonyl (C=O) groups excluding carboxylic acids is 1. The number of nitrogens with zero attached hydrogens (tertiary/aromatic N) is 1. The first-order chi connectivity index (χ1) is 8.95. The number of nitrogens with one attached hydrogen (secondary N) is 2. The number of nitrogens with two attached hydrogens (primary N) is 1. The molecular formula is C11H12N4O3S. The highest BCUT2D eigenvalue weighted by Gasteiger charge is 2.08. The van der Waals surface area contributed by atoms with Gasteiger partial charge in [0.15, 0.2) is 0 Å². The second-order valence-corrected chi connectivity index (χ2v) is 5.44. The number of hydrogen-bond donors (Lipinski definition) is 3. The van der Waals surface area contributed by atoms with E-state index in [4.69, 9.17) is 5.14 Å². The summed E-state index contributed by atoms with van der Waals surface area (Å²) in [7, 11) is -3.72. The number of sulfonamides is 1. The van der Waals surface area contributed by atoms with Gasteiger partial charge in [-0.3, -0.25) is 9.89 Å². The van der Waals surface area contributed by atoms with Gasteiger partial charge in [0.05, 0.1) is 11.3 Å². The number of hydrogen-bond acceptors (Lipinski definition) is 4. The third kappa shape index (κ3) is 3.63. The number of benzene rings is 1. The van der Waals surface area contributed by atoms with Gasteiger partial charge in [0.25, 0.3) is 0 Å². The van der Waals surface area contributed by atoms with Crippen molar-refractivity contribution in [2.24, 2.45) is 5.14 Å². The average Bonchev–Trinajstić information content (AvgIpc) is 2.81. The molecular weight excluding hydrogens is 268 g/mol. The van der Waals surface area contributed by atoms with Crippen LogP contribution in [0.25, 0.3) is 0 Å². The van der Waals surface area contributed by atoms with Crippen LogP contribution in [0.15, 0.2) is 41.4 Å². The van der Waals surface area contributed by atoms with Crippen molar-refractivity contribution in [1.82, 2.24) is 10.2 Å². The highest BCUT2D eigenvalue weighted by molar-refractivity contribution is 7.89. The van der Waals surface area contributed by atoms with Crippen LogP contribution in [0.2, 0.25) is 0 Å². The Morgan fingerprint density at radius 1 is 1.26 bits per heavy atom. The van der Waals surface area contributed by atoms with Gasteiger partial charge in [0, 0.05) is 17.6 Å².